The molecule has 0 aliphatic carbocycles. The van der Waals surface area contributed by atoms with Crippen molar-refractivity contribution in [1.82, 2.24) is 4.90 Å². The summed E-state index contributed by atoms with van der Waals surface area (Å²) in [5.41, 5.74) is 3.53. The lowest BCUT2D eigenvalue weighted by Gasteiger charge is -2.26. The van der Waals surface area contributed by atoms with Crippen LogP contribution >= 0.6 is 0 Å². The van der Waals surface area contributed by atoms with Crippen molar-refractivity contribution in [2.75, 3.05) is 6.54 Å². The fourth-order valence-corrected chi connectivity index (χ4v) is 2.76. The van der Waals surface area contributed by atoms with Crippen molar-refractivity contribution in [3.05, 3.63) is 83.7 Å². The summed E-state index contributed by atoms with van der Waals surface area (Å²) in [6.07, 6.45) is 2.94. The van der Waals surface area contributed by atoms with E-state index in [4.69, 9.17) is 0 Å². The van der Waals surface area contributed by atoms with Crippen LogP contribution in [-0.2, 0) is 13.1 Å². The summed E-state index contributed by atoms with van der Waals surface area (Å²) in [6, 6.07) is 14.8. The van der Waals surface area contributed by atoms with Crippen molar-refractivity contribution in [1.29, 1.82) is 0 Å². The zero-order chi connectivity index (χ0) is 17.4. The molecule has 128 valence electrons. The first kappa shape index (κ1) is 18.4. The molecule has 0 aliphatic rings. The summed E-state index contributed by atoms with van der Waals surface area (Å²) in [6.45, 7) is 7.83. The zero-order valence-electron chi connectivity index (χ0n) is 14.3. The SMILES string of the molecule is C=CCCC(O)CN(Cc1ccc(F)cc1)Cc1ccccc1C. The summed E-state index contributed by atoms with van der Waals surface area (Å²) >= 11 is 0. The Morgan fingerprint density at radius 3 is 2.50 bits per heavy atom. The quantitative estimate of drug-likeness (QED) is 0.687. The van der Waals surface area contributed by atoms with E-state index in [2.05, 4.69) is 30.5 Å². The molecule has 1 atom stereocenters. The average molecular weight is 327 g/mol. The molecule has 2 rings (SSSR count). The van der Waals surface area contributed by atoms with E-state index in [9.17, 15) is 9.50 Å². The number of aryl methyl sites for hydroxylation is 1. The fourth-order valence-electron chi connectivity index (χ4n) is 2.76. The lowest BCUT2D eigenvalue weighted by atomic mass is 10.1. The number of rotatable bonds is 9. The lowest BCUT2D eigenvalue weighted by Crippen LogP contribution is -2.32. The maximum absolute atomic E-state index is 13.1. The van der Waals surface area contributed by atoms with Gasteiger partial charge >= 0.3 is 0 Å². The molecule has 1 unspecified atom stereocenters. The topological polar surface area (TPSA) is 23.5 Å². The van der Waals surface area contributed by atoms with Gasteiger partial charge in [-0.25, -0.2) is 4.39 Å². The number of hydrogen-bond donors (Lipinski definition) is 1. The van der Waals surface area contributed by atoms with Crippen molar-refractivity contribution >= 4 is 0 Å². The van der Waals surface area contributed by atoms with Crippen LogP contribution in [-0.4, -0.2) is 22.7 Å². The van der Waals surface area contributed by atoms with Gasteiger partial charge in [0.05, 0.1) is 6.10 Å². The van der Waals surface area contributed by atoms with E-state index in [0.717, 1.165) is 18.5 Å². The van der Waals surface area contributed by atoms with Gasteiger partial charge in [-0.3, -0.25) is 4.90 Å². The Labute approximate surface area is 144 Å². The Balaban J connectivity index is 2.09. The molecule has 0 bridgehead atoms. The second-order valence-electron chi connectivity index (χ2n) is 6.24. The summed E-state index contributed by atoms with van der Waals surface area (Å²) in [4.78, 5) is 2.21. The molecule has 0 saturated heterocycles. The second-order valence-corrected chi connectivity index (χ2v) is 6.24. The van der Waals surface area contributed by atoms with E-state index in [1.807, 2.05) is 18.2 Å². The predicted molar refractivity (Wildman–Crippen MR) is 97.1 cm³/mol. The van der Waals surface area contributed by atoms with Gasteiger partial charge in [-0.1, -0.05) is 42.5 Å². The number of nitrogens with zero attached hydrogens (tertiary/aromatic N) is 1. The highest BCUT2D eigenvalue weighted by Gasteiger charge is 2.13. The zero-order valence-corrected chi connectivity index (χ0v) is 14.3. The molecule has 0 heterocycles. The third-order valence-electron chi connectivity index (χ3n) is 4.15. The molecule has 2 aromatic rings. The number of halogens is 1. The van der Waals surface area contributed by atoms with Crippen molar-refractivity contribution in [2.24, 2.45) is 0 Å². The maximum Gasteiger partial charge on any atom is 0.123 e. The molecule has 0 fully saturated rings. The minimum Gasteiger partial charge on any atom is -0.392 e. The van der Waals surface area contributed by atoms with Gasteiger partial charge in [0.15, 0.2) is 0 Å². The van der Waals surface area contributed by atoms with E-state index >= 15 is 0 Å². The van der Waals surface area contributed by atoms with E-state index in [1.54, 1.807) is 12.1 Å². The van der Waals surface area contributed by atoms with Gasteiger partial charge in [0.25, 0.3) is 0 Å². The first-order chi connectivity index (χ1) is 11.6. The number of aliphatic hydroxyl groups is 1. The van der Waals surface area contributed by atoms with Crippen molar-refractivity contribution in [3.8, 4) is 0 Å². The highest BCUT2D eigenvalue weighted by atomic mass is 19.1. The Bertz CT molecular complexity index is 639. The minimum absolute atomic E-state index is 0.227. The number of aliphatic hydroxyl groups excluding tert-OH is 1. The van der Waals surface area contributed by atoms with Crippen LogP contribution < -0.4 is 0 Å². The molecule has 3 heteroatoms. The summed E-state index contributed by atoms with van der Waals surface area (Å²) in [5, 5.41) is 10.3. The van der Waals surface area contributed by atoms with Gasteiger partial charge in [0, 0.05) is 19.6 Å². The predicted octanol–water partition coefficient (Wildman–Crippen LogP) is 4.46. The summed E-state index contributed by atoms with van der Waals surface area (Å²) in [7, 11) is 0. The highest BCUT2D eigenvalue weighted by molar-refractivity contribution is 5.25. The Kier molecular flexibility index (Phi) is 7.16. The maximum atomic E-state index is 13.1. The first-order valence-electron chi connectivity index (χ1n) is 8.38. The molecular formula is C21H26FNO. The molecule has 0 aliphatic heterocycles. The third-order valence-corrected chi connectivity index (χ3v) is 4.15. The number of benzene rings is 2. The molecule has 0 aromatic heterocycles. The third kappa shape index (κ3) is 5.91. The van der Waals surface area contributed by atoms with Crippen molar-refractivity contribution in [3.63, 3.8) is 0 Å². The van der Waals surface area contributed by atoms with Crippen molar-refractivity contribution in [2.45, 2.75) is 39.0 Å². The standard InChI is InChI=1S/C21H26FNO/c1-3-4-9-21(24)16-23(14-18-10-12-20(22)13-11-18)15-19-8-6-5-7-17(19)2/h3,5-8,10-13,21,24H,1,4,9,14-16H2,2H3. The summed E-state index contributed by atoms with van der Waals surface area (Å²) in [5.74, 6) is -0.227. The molecule has 0 spiro atoms. The monoisotopic (exact) mass is 327 g/mol. The average Bonchev–Trinajstić information content (AvgIpc) is 2.57. The van der Waals surface area contributed by atoms with Gasteiger partial charge in [0.2, 0.25) is 0 Å². The van der Waals surface area contributed by atoms with Gasteiger partial charge < -0.3 is 5.11 Å². The number of allylic oxidation sites excluding steroid dienone is 1. The Morgan fingerprint density at radius 2 is 1.83 bits per heavy atom. The van der Waals surface area contributed by atoms with E-state index in [-0.39, 0.29) is 5.82 Å². The van der Waals surface area contributed by atoms with Gasteiger partial charge in [-0.05, 0) is 48.6 Å². The number of hydrogen-bond acceptors (Lipinski definition) is 2. The fraction of sp³-hybridized carbons (Fsp3) is 0.333. The molecular weight excluding hydrogens is 301 g/mol. The normalized spacial score (nSPS) is 12.3. The largest absolute Gasteiger partial charge is 0.392 e. The van der Waals surface area contributed by atoms with E-state index < -0.39 is 6.10 Å². The van der Waals surface area contributed by atoms with Crippen LogP contribution in [0.1, 0.15) is 29.5 Å². The molecule has 0 radical (unpaired) electrons. The molecule has 0 saturated carbocycles. The van der Waals surface area contributed by atoms with Crippen LogP contribution in [0.25, 0.3) is 0 Å². The van der Waals surface area contributed by atoms with Gasteiger partial charge in [0.1, 0.15) is 5.82 Å². The van der Waals surface area contributed by atoms with Crippen LogP contribution in [0, 0.1) is 12.7 Å². The molecule has 24 heavy (non-hydrogen) atoms. The Hall–Kier alpha value is -1.97. The van der Waals surface area contributed by atoms with E-state index in [0.29, 0.717) is 19.5 Å². The van der Waals surface area contributed by atoms with Crippen LogP contribution in [0.15, 0.2) is 61.2 Å². The first-order valence-corrected chi connectivity index (χ1v) is 8.38. The van der Waals surface area contributed by atoms with E-state index in [1.165, 1.54) is 23.3 Å². The van der Waals surface area contributed by atoms with Crippen LogP contribution in [0.4, 0.5) is 4.39 Å². The molecule has 2 aromatic carbocycles. The molecule has 2 nitrogen and oxygen atoms in total. The highest BCUT2D eigenvalue weighted by Crippen LogP contribution is 2.15. The summed E-state index contributed by atoms with van der Waals surface area (Å²) < 4.78 is 13.1. The van der Waals surface area contributed by atoms with Crippen LogP contribution in [0.3, 0.4) is 0 Å². The lowest BCUT2D eigenvalue weighted by molar-refractivity contribution is 0.0983. The van der Waals surface area contributed by atoms with Crippen LogP contribution in [0.2, 0.25) is 0 Å². The molecule has 1 N–H and O–H groups in total. The smallest absolute Gasteiger partial charge is 0.123 e. The Morgan fingerprint density at radius 1 is 1.12 bits per heavy atom. The molecule has 0 amide bonds. The minimum atomic E-state index is -0.396. The van der Waals surface area contributed by atoms with Crippen molar-refractivity contribution < 1.29 is 9.50 Å². The second kappa shape index (κ2) is 9.36. The van der Waals surface area contributed by atoms with Gasteiger partial charge in [-0.15, -0.1) is 6.58 Å². The van der Waals surface area contributed by atoms with Crippen LogP contribution in [0.5, 0.6) is 0 Å². The van der Waals surface area contributed by atoms with Gasteiger partial charge in [-0.2, -0.15) is 0 Å².